The van der Waals surface area contributed by atoms with Crippen molar-refractivity contribution in [1.82, 2.24) is 4.57 Å². The number of carbonyl (C=O) groups is 1. The van der Waals surface area contributed by atoms with Gasteiger partial charge < -0.3 is 18.9 Å². The summed E-state index contributed by atoms with van der Waals surface area (Å²) in [7, 11) is 0. The van der Waals surface area contributed by atoms with Crippen LogP contribution in [0, 0.1) is 13.8 Å². The fraction of sp³-hybridized carbons (Fsp3) is 0.205. The van der Waals surface area contributed by atoms with Crippen LogP contribution in [0.25, 0.3) is 6.08 Å². The topological polar surface area (TPSA) is 88.4 Å². The predicted molar refractivity (Wildman–Crippen MR) is 195 cm³/mol. The van der Waals surface area contributed by atoms with Crippen molar-refractivity contribution < 1.29 is 23.7 Å². The fourth-order valence-corrected chi connectivity index (χ4v) is 7.14. The summed E-state index contributed by atoms with van der Waals surface area (Å²) in [6, 6.07) is 27.3. The fourth-order valence-electron chi connectivity index (χ4n) is 5.52. The zero-order valence-electron chi connectivity index (χ0n) is 27.6. The number of hydrogen-bond acceptors (Lipinski definition) is 8. The van der Waals surface area contributed by atoms with Crippen LogP contribution in [0.15, 0.2) is 117 Å². The van der Waals surface area contributed by atoms with Crippen LogP contribution < -0.4 is 33.8 Å². The van der Waals surface area contributed by atoms with Gasteiger partial charge in [-0.3, -0.25) is 9.36 Å². The molecule has 0 saturated heterocycles. The van der Waals surface area contributed by atoms with E-state index in [2.05, 4.69) is 29.8 Å². The Hall–Kier alpha value is -4.93. The SMILES string of the molecule is CCOc1cc(/C=c2\sc3n(c2=O)[C@@H](c2ccccc2)C(C(=O)Oc2ccccc2)=C(C)N=3)cc(Br)c1OCCOc1ccc(C)c(C)c1. The van der Waals surface area contributed by atoms with Gasteiger partial charge in [-0.25, -0.2) is 9.79 Å². The van der Waals surface area contributed by atoms with Crippen molar-refractivity contribution in [3.05, 3.63) is 149 Å². The molecule has 1 aromatic heterocycles. The summed E-state index contributed by atoms with van der Waals surface area (Å²) < 4.78 is 26.4. The van der Waals surface area contributed by atoms with Gasteiger partial charge in [-0.05, 0) is 108 Å². The van der Waals surface area contributed by atoms with Gasteiger partial charge in [-0.15, -0.1) is 0 Å². The molecule has 5 aromatic rings. The van der Waals surface area contributed by atoms with Crippen LogP contribution in [-0.4, -0.2) is 30.4 Å². The smallest absolute Gasteiger partial charge is 0.343 e. The van der Waals surface area contributed by atoms with Crippen molar-refractivity contribution in [2.45, 2.75) is 33.7 Å². The second kappa shape index (κ2) is 15.1. The molecule has 0 spiro atoms. The molecule has 2 heterocycles. The van der Waals surface area contributed by atoms with Crippen LogP contribution in [0.2, 0.25) is 0 Å². The molecule has 0 N–H and O–H groups in total. The third-order valence-electron chi connectivity index (χ3n) is 8.02. The lowest BCUT2D eigenvalue weighted by Crippen LogP contribution is -2.40. The Balaban J connectivity index is 1.31. The summed E-state index contributed by atoms with van der Waals surface area (Å²) in [6.07, 6.45) is 1.80. The molecule has 8 nitrogen and oxygen atoms in total. The maximum absolute atomic E-state index is 14.2. The minimum atomic E-state index is -0.719. The second-order valence-electron chi connectivity index (χ2n) is 11.4. The van der Waals surface area contributed by atoms with Gasteiger partial charge in [0, 0.05) is 0 Å². The number of hydrogen-bond donors (Lipinski definition) is 0. The van der Waals surface area contributed by atoms with Gasteiger partial charge in [0.15, 0.2) is 16.3 Å². The zero-order valence-corrected chi connectivity index (χ0v) is 30.0. The number of halogens is 1. The van der Waals surface area contributed by atoms with Crippen LogP contribution in [0.3, 0.4) is 0 Å². The molecule has 4 aromatic carbocycles. The Morgan fingerprint density at radius 1 is 0.878 bits per heavy atom. The number of rotatable bonds is 11. The first-order chi connectivity index (χ1) is 23.7. The van der Waals surface area contributed by atoms with Crippen molar-refractivity contribution >= 4 is 39.3 Å². The molecule has 0 saturated carbocycles. The number of benzene rings is 4. The second-order valence-corrected chi connectivity index (χ2v) is 13.3. The highest BCUT2D eigenvalue weighted by Crippen LogP contribution is 2.37. The van der Waals surface area contributed by atoms with Crippen molar-refractivity contribution in [2.24, 2.45) is 4.99 Å². The van der Waals surface area contributed by atoms with Gasteiger partial charge in [-0.1, -0.05) is 65.9 Å². The van der Waals surface area contributed by atoms with E-state index in [-0.39, 0.29) is 5.56 Å². The summed E-state index contributed by atoms with van der Waals surface area (Å²) in [5.74, 6) is 1.72. The minimum absolute atomic E-state index is 0.270. The highest BCUT2D eigenvalue weighted by atomic mass is 79.9. The number of aromatic nitrogens is 1. The first-order valence-corrected chi connectivity index (χ1v) is 17.5. The van der Waals surface area contributed by atoms with Gasteiger partial charge in [0.05, 0.1) is 32.9 Å². The highest BCUT2D eigenvalue weighted by molar-refractivity contribution is 9.10. The van der Waals surface area contributed by atoms with E-state index in [0.717, 1.165) is 16.9 Å². The van der Waals surface area contributed by atoms with E-state index < -0.39 is 12.0 Å². The Morgan fingerprint density at radius 3 is 2.31 bits per heavy atom. The summed E-state index contributed by atoms with van der Waals surface area (Å²) in [5.41, 5.74) is 4.41. The summed E-state index contributed by atoms with van der Waals surface area (Å²) >= 11 is 4.91. The molecule has 1 aliphatic heterocycles. The number of ether oxygens (including phenoxy) is 4. The van der Waals surface area contributed by atoms with E-state index in [4.69, 9.17) is 23.9 Å². The van der Waals surface area contributed by atoms with Crippen LogP contribution >= 0.6 is 27.3 Å². The molecule has 0 amide bonds. The number of allylic oxidation sites excluding steroid dienone is 1. The first-order valence-electron chi connectivity index (χ1n) is 15.9. The molecule has 1 aliphatic rings. The van der Waals surface area contributed by atoms with Gasteiger partial charge in [-0.2, -0.15) is 0 Å². The average Bonchev–Trinajstić information content (AvgIpc) is 3.39. The number of esters is 1. The first kappa shape index (κ1) is 34.0. The third kappa shape index (κ3) is 7.55. The van der Waals surface area contributed by atoms with E-state index in [0.29, 0.717) is 62.1 Å². The lowest BCUT2D eigenvalue weighted by atomic mass is 9.96. The lowest BCUT2D eigenvalue weighted by molar-refractivity contribution is -0.130. The minimum Gasteiger partial charge on any atom is -0.490 e. The summed E-state index contributed by atoms with van der Waals surface area (Å²) in [4.78, 5) is 33.0. The molecule has 49 heavy (non-hydrogen) atoms. The Bertz CT molecular complexity index is 2210. The van der Waals surface area contributed by atoms with Crippen molar-refractivity contribution in [1.29, 1.82) is 0 Å². The van der Waals surface area contributed by atoms with Crippen LogP contribution in [-0.2, 0) is 4.79 Å². The molecule has 0 aliphatic carbocycles. The normalized spacial score (nSPS) is 14.2. The van der Waals surface area contributed by atoms with Gasteiger partial charge >= 0.3 is 5.97 Å². The summed E-state index contributed by atoms with van der Waals surface area (Å²) in [5, 5.41) is 0. The van der Waals surface area contributed by atoms with E-state index in [1.54, 1.807) is 41.8 Å². The molecular weight excluding hydrogens is 704 g/mol. The number of para-hydroxylation sites is 1. The van der Waals surface area contributed by atoms with E-state index in [1.165, 1.54) is 22.5 Å². The highest BCUT2D eigenvalue weighted by Gasteiger charge is 2.33. The van der Waals surface area contributed by atoms with E-state index in [1.807, 2.05) is 73.7 Å². The van der Waals surface area contributed by atoms with Gasteiger partial charge in [0.1, 0.15) is 24.7 Å². The van der Waals surface area contributed by atoms with Crippen molar-refractivity contribution in [3.8, 4) is 23.0 Å². The molecule has 1 atom stereocenters. The maximum atomic E-state index is 14.2. The maximum Gasteiger partial charge on any atom is 0.343 e. The lowest BCUT2D eigenvalue weighted by Gasteiger charge is -2.24. The molecule has 6 rings (SSSR count). The third-order valence-corrected chi connectivity index (χ3v) is 9.59. The molecule has 0 bridgehead atoms. The number of fused-ring (bicyclic) bond motifs is 1. The molecular formula is C39H35BrN2O6S. The molecule has 0 fully saturated rings. The predicted octanol–water partition coefficient (Wildman–Crippen LogP) is 7.08. The molecule has 10 heteroatoms. The molecule has 250 valence electrons. The number of nitrogens with zero attached hydrogens (tertiary/aromatic N) is 2. The van der Waals surface area contributed by atoms with Crippen LogP contribution in [0.4, 0.5) is 0 Å². The number of carbonyl (C=O) groups excluding carboxylic acids is 1. The Morgan fingerprint density at radius 2 is 1.59 bits per heavy atom. The van der Waals surface area contributed by atoms with Crippen LogP contribution in [0.1, 0.15) is 42.1 Å². The van der Waals surface area contributed by atoms with Gasteiger partial charge in [0.25, 0.3) is 5.56 Å². The summed E-state index contributed by atoms with van der Waals surface area (Å²) in [6.45, 7) is 8.87. The standard InChI is InChI=1S/C39H35BrN2O6S/c1-5-45-32-22-27(21-31(40)36(32)47-19-18-46-30-17-16-24(2)25(3)20-30)23-33-37(43)42-35(28-12-8-6-9-13-28)34(26(4)41-39(42)49-33)38(44)48-29-14-10-7-11-15-29/h6-17,20-23,35H,5,18-19H2,1-4H3/b33-23-/t35-/m0/s1. The average molecular weight is 740 g/mol. The number of thiazole rings is 1. The number of aryl methyl sites for hydroxylation is 2. The van der Waals surface area contributed by atoms with E-state index in [9.17, 15) is 9.59 Å². The van der Waals surface area contributed by atoms with Crippen molar-refractivity contribution in [3.63, 3.8) is 0 Å². The van der Waals surface area contributed by atoms with Gasteiger partial charge in [0.2, 0.25) is 0 Å². The van der Waals surface area contributed by atoms with Crippen molar-refractivity contribution in [2.75, 3.05) is 19.8 Å². The Kier molecular flexibility index (Phi) is 10.5. The molecule has 0 radical (unpaired) electrons. The quantitative estimate of drug-likeness (QED) is 0.0818. The molecule has 0 unspecified atom stereocenters. The zero-order chi connectivity index (χ0) is 34.5. The van der Waals surface area contributed by atoms with Crippen LogP contribution in [0.5, 0.6) is 23.0 Å². The monoisotopic (exact) mass is 738 g/mol. The largest absolute Gasteiger partial charge is 0.490 e. The Labute approximate surface area is 296 Å². The van der Waals surface area contributed by atoms with E-state index >= 15 is 0 Å².